The van der Waals surface area contributed by atoms with Gasteiger partial charge >= 0.3 is 5.97 Å². The summed E-state index contributed by atoms with van der Waals surface area (Å²) in [6.45, 7) is 2.97. The van der Waals surface area contributed by atoms with Crippen molar-refractivity contribution in [3.8, 4) is 18.0 Å². The van der Waals surface area contributed by atoms with E-state index < -0.39 is 18.0 Å². The third kappa shape index (κ3) is 4.02. The van der Waals surface area contributed by atoms with Gasteiger partial charge in [0.1, 0.15) is 23.0 Å². The van der Waals surface area contributed by atoms with E-state index in [1.807, 2.05) is 12.1 Å². The number of rotatable bonds is 5. The lowest BCUT2D eigenvalue weighted by atomic mass is 10.1. The van der Waals surface area contributed by atoms with Crippen molar-refractivity contribution in [3.05, 3.63) is 71.2 Å². The Labute approximate surface area is 166 Å². The van der Waals surface area contributed by atoms with E-state index in [0.717, 1.165) is 0 Å². The first kappa shape index (κ1) is 19.5. The second kappa shape index (κ2) is 8.15. The molecule has 3 aromatic rings. The number of hydrogen-bond donors (Lipinski definition) is 1. The highest BCUT2D eigenvalue weighted by Gasteiger charge is 2.28. The van der Waals surface area contributed by atoms with Crippen molar-refractivity contribution in [2.45, 2.75) is 20.0 Å². The van der Waals surface area contributed by atoms with Crippen LogP contribution in [0.3, 0.4) is 0 Å². The zero-order valence-corrected chi connectivity index (χ0v) is 15.7. The van der Waals surface area contributed by atoms with E-state index in [9.17, 15) is 14.9 Å². The first-order valence-electron chi connectivity index (χ1n) is 8.63. The van der Waals surface area contributed by atoms with Crippen LogP contribution in [-0.4, -0.2) is 22.5 Å². The van der Waals surface area contributed by atoms with Crippen LogP contribution in [0.25, 0.3) is 5.88 Å². The largest absolute Gasteiger partial charge is 0.449 e. The van der Waals surface area contributed by atoms with Gasteiger partial charge in [0.15, 0.2) is 6.10 Å². The van der Waals surface area contributed by atoms with Crippen LogP contribution in [0.4, 0.5) is 5.69 Å². The molecule has 0 radical (unpaired) electrons. The number of carbonyl (C=O) groups is 2. The van der Waals surface area contributed by atoms with Gasteiger partial charge in [0.2, 0.25) is 5.88 Å². The molecule has 0 unspecified atom stereocenters. The van der Waals surface area contributed by atoms with Gasteiger partial charge in [0, 0.05) is 18.1 Å². The van der Waals surface area contributed by atoms with Crippen LogP contribution in [-0.2, 0) is 9.53 Å². The quantitative estimate of drug-likeness (QED) is 0.669. The Morgan fingerprint density at radius 3 is 2.38 bits per heavy atom. The Balaban J connectivity index is 1.75. The highest BCUT2D eigenvalue weighted by atomic mass is 16.5. The standard InChI is InChI=1S/C21H16N4O4/c1-13-18(17(12-23)20(28-13)25-9-3-4-10-25)21(27)29-14(2)19(26)24-16-7-5-15(11-22)6-8-16/h3-10,14H,1-2H3,(H,24,26)/t14-/m1/s1. The minimum atomic E-state index is -1.12. The zero-order chi connectivity index (χ0) is 21.0. The second-order valence-electron chi connectivity index (χ2n) is 6.14. The summed E-state index contributed by atoms with van der Waals surface area (Å²) < 4.78 is 12.4. The average Bonchev–Trinajstić information content (AvgIpc) is 3.35. The molecule has 0 spiro atoms. The third-order valence-electron chi connectivity index (χ3n) is 4.16. The number of aromatic nitrogens is 1. The molecular formula is C21H16N4O4. The van der Waals surface area contributed by atoms with Crippen molar-refractivity contribution in [1.29, 1.82) is 10.5 Å². The molecule has 0 saturated carbocycles. The van der Waals surface area contributed by atoms with Crippen LogP contribution in [0.5, 0.6) is 0 Å². The molecule has 0 fully saturated rings. The Kier molecular flexibility index (Phi) is 5.47. The maximum atomic E-state index is 12.6. The normalized spacial score (nSPS) is 11.2. The van der Waals surface area contributed by atoms with Crippen LogP contribution in [0.15, 0.2) is 53.2 Å². The lowest BCUT2D eigenvalue weighted by Gasteiger charge is -2.13. The molecule has 144 valence electrons. The number of nitriles is 2. The fraction of sp³-hybridized carbons (Fsp3) is 0.143. The molecule has 8 heteroatoms. The van der Waals surface area contributed by atoms with Gasteiger partial charge in [0.25, 0.3) is 5.91 Å². The summed E-state index contributed by atoms with van der Waals surface area (Å²) in [5.41, 5.74) is 0.932. The number of furan rings is 1. The number of esters is 1. The van der Waals surface area contributed by atoms with Crippen molar-refractivity contribution in [3.63, 3.8) is 0 Å². The van der Waals surface area contributed by atoms with Gasteiger partial charge in [-0.3, -0.25) is 9.36 Å². The van der Waals surface area contributed by atoms with E-state index in [1.54, 1.807) is 60.3 Å². The molecule has 29 heavy (non-hydrogen) atoms. The van der Waals surface area contributed by atoms with Gasteiger partial charge in [-0.05, 0) is 50.2 Å². The van der Waals surface area contributed by atoms with Gasteiger partial charge in [-0.15, -0.1) is 0 Å². The SMILES string of the molecule is Cc1oc(-n2cccc2)c(C#N)c1C(=O)O[C@H](C)C(=O)Nc1ccc(C#N)cc1. The van der Waals surface area contributed by atoms with Gasteiger partial charge in [0.05, 0.1) is 11.6 Å². The van der Waals surface area contributed by atoms with Crippen molar-refractivity contribution < 1.29 is 18.7 Å². The zero-order valence-electron chi connectivity index (χ0n) is 15.7. The molecule has 1 N–H and O–H groups in total. The highest BCUT2D eigenvalue weighted by molar-refractivity contribution is 5.99. The first-order chi connectivity index (χ1) is 13.9. The minimum Gasteiger partial charge on any atom is -0.449 e. The molecule has 8 nitrogen and oxygen atoms in total. The molecule has 1 amide bonds. The fourth-order valence-corrected chi connectivity index (χ4v) is 2.68. The van der Waals surface area contributed by atoms with Gasteiger partial charge in [-0.25, -0.2) is 4.79 Å². The first-order valence-corrected chi connectivity index (χ1v) is 8.63. The third-order valence-corrected chi connectivity index (χ3v) is 4.16. The van der Waals surface area contributed by atoms with Gasteiger partial charge in [-0.2, -0.15) is 10.5 Å². The Morgan fingerprint density at radius 2 is 1.79 bits per heavy atom. The van der Waals surface area contributed by atoms with E-state index >= 15 is 0 Å². The Morgan fingerprint density at radius 1 is 1.14 bits per heavy atom. The summed E-state index contributed by atoms with van der Waals surface area (Å²) in [6.07, 6.45) is 2.25. The summed E-state index contributed by atoms with van der Waals surface area (Å²) in [6, 6.07) is 13.7. The van der Waals surface area contributed by atoms with E-state index in [-0.39, 0.29) is 22.8 Å². The van der Waals surface area contributed by atoms with Crippen LogP contribution in [0.2, 0.25) is 0 Å². The topological polar surface area (TPSA) is 121 Å². The molecule has 2 aromatic heterocycles. The summed E-state index contributed by atoms with van der Waals surface area (Å²) in [5, 5.41) is 20.9. The van der Waals surface area contributed by atoms with Crippen LogP contribution in [0.1, 0.15) is 34.2 Å². The minimum absolute atomic E-state index is 0.0192. The molecule has 0 aliphatic rings. The number of amides is 1. The summed E-state index contributed by atoms with van der Waals surface area (Å²) in [5.74, 6) is -0.955. The second-order valence-corrected chi connectivity index (χ2v) is 6.14. The molecule has 0 aliphatic carbocycles. The number of ether oxygens (including phenoxy) is 1. The number of carbonyl (C=O) groups excluding carboxylic acids is 2. The number of benzene rings is 1. The summed E-state index contributed by atoms with van der Waals surface area (Å²) >= 11 is 0. The fourth-order valence-electron chi connectivity index (χ4n) is 2.68. The molecule has 0 saturated heterocycles. The number of nitrogens with zero attached hydrogens (tertiary/aromatic N) is 3. The summed E-state index contributed by atoms with van der Waals surface area (Å²) in [4.78, 5) is 24.9. The molecule has 0 bridgehead atoms. The maximum absolute atomic E-state index is 12.6. The number of anilines is 1. The molecule has 1 aromatic carbocycles. The van der Waals surface area contributed by atoms with Crippen LogP contribution < -0.4 is 5.32 Å². The van der Waals surface area contributed by atoms with Crippen molar-refractivity contribution in [1.82, 2.24) is 4.57 Å². The Bertz CT molecular complexity index is 1130. The van der Waals surface area contributed by atoms with Crippen LogP contribution in [0, 0.1) is 29.6 Å². The highest BCUT2D eigenvalue weighted by Crippen LogP contribution is 2.26. The lowest BCUT2D eigenvalue weighted by molar-refractivity contribution is -0.123. The smallest absolute Gasteiger partial charge is 0.343 e. The lowest BCUT2D eigenvalue weighted by Crippen LogP contribution is -2.30. The molecule has 2 heterocycles. The van der Waals surface area contributed by atoms with Gasteiger partial charge in [-0.1, -0.05) is 0 Å². The van der Waals surface area contributed by atoms with E-state index in [4.69, 9.17) is 14.4 Å². The molecule has 0 aliphatic heterocycles. The van der Waals surface area contributed by atoms with E-state index in [1.165, 1.54) is 6.92 Å². The van der Waals surface area contributed by atoms with Gasteiger partial charge < -0.3 is 14.5 Å². The van der Waals surface area contributed by atoms with Crippen molar-refractivity contribution in [2.24, 2.45) is 0 Å². The van der Waals surface area contributed by atoms with Crippen molar-refractivity contribution in [2.75, 3.05) is 5.32 Å². The maximum Gasteiger partial charge on any atom is 0.343 e. The number of aryl methyl sites for hydroxylation is 1. The van der Waals surface area contributed by atoms with E-state index in [0.29, 0.717) is 11.3 Å². The van der Waals surface area contributed by atoms with Crippen LogP contribution >= 0.6 is 0 Å². The molecular weight excluding hydrogens is 372 g/mol. The molecule has 3 rings (SSSR count). The molecule has 1 atom stereocenters. The monoisotopic (exact) mass is 388 g/mol. The van der Waals surface area contributed by atoms with Crippen molar-refractivity contribution >= 4 is 17.6 Å². The summed E-state index contributed by atoms with van der Waals surface area (Å²) in [7, 11) is 0. The predicted molar refractivity (Wildman–Crippen MR) is 102 cm³/mol. The van der Waals surface area contributed by atoms with E-state index in [2.05, 4.69) is 5.32 Å². The number of nitrogens with one attached hydrogen (secondary N) is 1. The average molecular weight is 388 g/mol. The number of hydrogen-bond acceptors (Lipinski definition) is 6. The Hall–Kier alpha value is -4.30. The predicted octanol–water partition coefficient (Wildman–Crippen LogP) is 3.31.